The molecule has 3 saturated carbocycles. The summed E-state index contributed by atoms with van der Waals surface area (Å²) in [5, 5.41) is 30.9. The maximum atomic E-state index is 10.6. The van der Waals surface area contributed by atoms with E-state index in [4.69, 9.17) is 4.74 Å². The van der Waals surface area contributed by atoms with E-state index in [9.17, 15) is 15.3 Å². The molecule has 3 N–H and O–H groups in total. The Hall–Kier alpha value is -1.38. The molecule has 3 rings (SSSR count). The van der Waals surface area contributed by atoms with Gasteiger partial charge in [-0.05, 0) is 85.7 Å². The second kappa shape index (κ2) is 11.1. The summed E-state index contributed by atoms with van der Waals surface area (Å²) >= 11 is 0. The fourth-order valence-corrected chi connectivity index (χ4v) is 6.86. The molecule has 190 valence electrons. The molecule has 0 saturated heterocycles. The van der Waals surface area contributed by atoms with Gasteiger partial charge in [0.2, 0.25) is 0 Å². The third-order valence-electron chi connectivity index (χ3n) is 9.29. The van der Waals surface area contributed by atoms with Crippen molar-refractivity contribution in [2.24, 2.45) is 23.2 Å². The maximum Gasteiger partial charge on any atom is 0.125 e. The van der Waals surface area contributed by atoms with Crippen LogP contribution >= 0.6 is 0 Å². The van der Waals surface area contributed by atoms with Crippen LogP contribution in [0, 0.1) is 35.0 Å². The highest BCUT2D eigenvalue weighted by atomic mass is 16.5. The smallest absolute Gasteiger partial charge is 0.125 e. The Morgan fingerprint density at radius 2 is 1.94 bits per heavy atom. The molecule has 0 aromatic rings. The first-order valence-corrected chi connectivity index (χ1v) is 13.3. The second-order valence-electron chi connectivity index (χ2n) is 11.2. The highest BCUT2D eigenvalue weighted by molar-refractivity contribution is 5.38. The summed E-state index contributed by atoms with van der Waals surface area (Å²) in [5.74, 6) is 7.74. The summed E-state index contributed by atoms with van der Waals surface area (Å²) < 4.78 is 5.85. The van der Waals surface area contributed by atoms with E-state index in [0.29, 0.717) is 37.5 Å². The fourth-order valence-electron chi connectivity index (χ4n) is 6.86. The van der Waals surface area contributed by atoms with Crippen molar-refractivity contribution in [3.63, 3.8) is 0 Å². The molecule has 3 aliphatic rings. The summed E-state index contributed by atoms with van der Waals surface area (Å²) in [6, 6.07) is 0. The van der Waals surface area contributed by atoms with Gasteiger partial charge in [-0.3, -0.25) is 0 Å². The molecule has 0 aliphatic heterocycles. The first-order chi connectivity index (χ1) is 16.1. The van der Waals surface area contributed by atoms with Gasteiger partial charge >= 0.3 is 0 Å². The summed E-state index contributed by atoms with van der Waals surface area (Å²) in [6.45, 7) is 12.7. The lowest BCUT2D eigenvalue weighted by Crippen LogP contribution is -2.39. The third-order valence-corrected chi connectivity index (χ3v) is 9.29. The first kappa shape index (κ1) is 27.2. The van der Waals surface area contributed by atoms with E-state index in [1.807, 2.05) is 13.8 Å². The van der Waals surface area contributed by atoms with E-state index in [1.165, 1.54) is 24.8 Å². The largest absolute Gasteiger partial charge is 0.393 e. The van der Waals surface area contributed by atoms with E-state index >= 15 is 0 Å². The Labute approximate surface area is 207 Å². The zero-order valence-electron chi connectivity index (χ0n) is 21.9. The van der Waals surface area contributed by atoms with Crippen LogP contribution < -0.4 is 0 Å². The zero-order valence-corrected chi connectivity index (χ0v) is 21.9. The van der Waals surface area contributed by atoms with Gasteiger partial charge in [-0.2, -0.15) is 0 Å². The van der Waals surface area contributed by atoms with Gasteiger partial charge in [-0.25, -0.2) is 0 Å². The molecule has 0 bridgehead atoms. The van der Waals surface area contributed by atoms with Gasteiger partial charge in [0.1, 0.15) is 11.7 Å². The Kier molecular flexibility index (Phi) is 8.90. The molecular weight excluding hydrogens is 424 g/mol. The molecule has 3 fully saturated rings. The van der Waals surface area contributed by atoms with Gasteiger partial charge in [0.05, 0.1) is 12.2 Å². The molecule has 0 aromatic carbocycles. The number of fused-ring (bicyclic) bond motifs is 1. The Balaban J connectivity index is 1.81. The summed E-state index contributed by atoms with van der Waals surface area (Å²) in [7, 11) is 1.74. The lowest BCUT2D eigenvalue weighted by Gasteiger charge is -2.45. The van der Waals surface area contributed by atoms with Crippen LogP contribution in [-0.4, -0.2) is 46.3 Å². The highest BCUT2D eigenvalue weighted by Gasteiger charge is 2.51. The first-order valence-electron chi connectivity index (χ1n) is 13.3. The van der Waals surface area contributed by atoms with Crippen LogP contribution in [0.25, 0.3) is 0 Å². The predicted molar refractivity (Wildman–Crippen MR) is 138 cm³/mol. The van der Waals surface area contributed by atoms with Crippen molar-refractivity contribution in [1.82, 2.24) is 0 Å². The highest BCUT2D eigenvalue weighted by Crippen LogP contribution is 2.59. The van der Waals surface area contributed by atoms with Crippen molar-refractivity contribution in [2.75, 3.05) is 7.11 Å². The molecule has 0 amide bonds. The van der Waals surface area contributed by atoms with Crippen molar-refractivity contribution < 1.29 is 20.1 Å². The fraction of sp³-hybridized carbons (Fsp3) is 0.733. The number of aliphatic hydroxyl groups is 3. The summed E-state index contributed by atoms with van der Waals surface area (Å²) in [5.41, 5.74) is 2.48. The molecule has 4 nitrogen and oxygen atoms in total. The minimum atomic E-state index is -0.933. The van der Waals surface area contributed by atoms with Crippen molar-refractivity contribution in [3.05, 3.63) is 35.5 Å². The molecule has 0 unspecified atom stereocenters. The quantitative estimate of drug-likeness (QED) is 0.459. The van der Waals surface area contributed by atoms with Gasteiger partial charge in [-0.1, -0.05) is 63.8 Å². The summed E-state index contributed by atoms with van der Waals surface area (Å²) in [4.78, 5) is 0. The van der Waals surface area contributed by atoms with Crippen LogP contribution in [0.5, 0.6) is 0 Å². The normalized spacial score (nSPS) is 36.2. The average molecular weight is 471 g/mol. The minimum Gasteiger partial charge on any atom is -0.393 e. The van der Waals surface area contributed by atoms with Crippen LogP contribution in [0.4, 0.5) is 0 Å². The van der Waals surface area contributed by atoms with E-state index < -0.39 is 17.8 Å². The molecular formula is C30H46O4. The van der Waals surface area contributed by atoms with Gasteiger partial charge < -0.3 is 20.1 Å². The zero-order chi connectivity index (χ0) is 25.1. The number of hydrogen-bond acceptors (Lipinski definition) is 4. The van der Waals surface area contributed by atoms with Crippen LogP contribution in [0.3, 0.4) is 0 Å². The number of hydrogen-bond donors (Lipinski definition) is 3. The molecule has 0 aromatic heterocycles. The number of rotatable bonds is 6. The molecule has 0 heterocycles. The van der Waals surface area contributed by atoms with Gasteiger partial charge in [-0.15, -0.1) is 0 Å². The van der Waals surface area contributed by atoms with Crippen LogP contribution in [-0.2, 0) is 4.74 Å². The predicted octanol–water partition coefficient (Wildman–Crippen LogP) is 5.33. The molecule has 7 atom stereocenters. The standard InChI is InChI=1S/C30H46O4/c1-7-30(33,8-2)17-15-28(34-6)21(4)25-13-14-26-22(10-9-16-29(25,26)5)11-12-23-18-24(31)19-27(32)20(23)3/h11-12,21,24-28,31-33H,3,7-10,13-14,16,18-19H2,1-2,4-6H3/b22-11+,23-12-/t21-,24-,25-,26+,27+,28-,29-/m1/s1. The van der Waals surface area contributed by atoms with E-state index in [1.54, 1.807) is 7.11 Å². The average Bonchev–Trinajstić information content (AvgIpc) is 3.17. The van der Waals surface area contributed by atoms with Crippen molar-refractivity contribution in [2.45, 2.75) is 109 Å². The topological polar surface area (TPSA) is 69.9 Å². The minimum absolute atomic E-state index is 0.185. The van der Waals surface area contributed by atoms with Crippen LogP contribution in [0.2, 0.25) is 0 Å². The number of allylic oxidation sites excluding steroid dienone is 3. The molecule has 4 heteroatoms. The Morgan fingerprint density at radius 1 is 1.24 bits per heavy atom. The molecule has 3 aliphatic carbocycles. The lowest BCUT2D eigenvalue weighted by atomic mass is 9.60. The van der Waals surface area contributed by atoms with Crippen LogP contribution in [0.1, 0.15) is 85.5 Å². The SMILES string of the molecule is C=C1/C(=C\C=C2/CCC[C@]3(C)[C@@H]([C@@H](C)[C@@H](C#CC(O)(CC)CC)OC)CC[C@@H]23)C[C@@H](O)C[C@@H]1O. The van der Waals surface area contributed by atoms with Gasteiger partial charge in [0.25, 0.3) is 0 Å². The second-order valence-corrected chi connectivity index (χ2v) is 11.2. The number of ether oxygens (including phenoxy) is 1. The molecule has 34 heavy (non-hydrogen) atoms. The summed E-state index contributed by atoms with van der Waals surface area (Å²) in [6.07, 6.45) is 11.0. The monoisotopic (exact) mass is 470 g/mol. The van der Waals surface area contributed by atoms with Gasteiger partial charge in [0, 0.05) is 13.5 Å². The number of aliphatic hydroxyl groups excluding tert-OH is 2. The number of methoxy groups -OCH3 is 1. The van der Waals surface area contributed by atoms with E-state index in [-0.39, 0.29) is 17.4 Å². The van der Waals surface area contributed by atoms with Crippen molar-refractivity contribution >= 4 is 0 Å². The van der Waals surface area contributed by atoms with E-state index in [2.05, 4.69) is 44.4 Å². The maximum absolute atomic E-state index is 10.6. The van der Waals surface area contributed by atoms with Crippen LogP contribution in [0.15, 0.2) is 35.5 Å². The molecule has 0 radical (unpaired) electrons. The Morgan fingerprint density at radius 3 is 2.59 bits per heavy atom. The van der Waals surface area contributed by atoms with E-state index in [0.717, 1.165) is 24.0 Å². The lowest BCUT2D eigenvalue weighted by molar-refractivity contribution is 0.0224. The third kappa shape index (κ3) is 5.54. The Bertz CT molecular complexity index is 855. The van der Waals surface area contributed by atoms with Crippen molar-refractivity contribution in [3.8, 4) is 11.8 Å². The van der Waals surface area contributed by atoms with Crippen molar-refractivity contribution in [1.29, 1.82) is 0 Å². The molecule has 0 spiro atoms. The van der Waals surface area contributed by atoms with Gasteiger partial charge in [0.15, 0.2) is 0 Å².